The van der Waals surface area contributed by atoms with Gasteiger partial charge in [0, 0.05) is 4.88 Å². The summed E-state index contributed by atoms with van der Waals surface area (Å²) < 4.78 is 47.0. The number of amides is 1. The maximum atomic E-state index is 12.9. The van der Waals surface area contributed by atoms with Gasteiger partial charge < -0.3 is 23.9 Å². The Morgan fingerprint density at radius 3 is 2.47 bits per heavy atom. The summed E-state index contributed by atoms with van der Waals surface area (Å²) in [6, 6.07) is 4.95. The number of benzene rings is 1. The van der Waals surface area contributed by atoms with Gasteiger partial charge in [0.15, 0.2) is 0 Å². The molecule has 3 aromatic rings. The molecule has 1 aromatic carbocycles. The summed E-state index contributed by atoms with van der Waals surface area (Å²) in [4.78, 5) is 26.3. The monoisotopic (exact) mass is 535 g/mol. The van der Waals surface area contributed by atoms with Crippen molar-refractivity contribution >= 4 is 38.1 Å². The lowest BCUT2D eigenvalue weighted by atomic mass is 9.95. The third-order valence-corrected chi connectivity index (χ3v) is 8.09. The minimum absolute atomic E-state index is 0.140. The Bertz CT molecular complexity index is 1370. The molecule has 0 bridgehead atoms. The van der Waals surface area contributed by atoms with Gasteiger partial charge in [-0.25, -0.2) is 13.2 Å². The van der Waals surface area contributed by atoms with Crippen LogP contribution in [0.3, 0.4) is 0 Å². The van der Waals surface area contributed by atoms with Crippen LogP contribution in [0.2, 0.25) is 0 Å². The summed E-state index contributed by atoms with van der Waals surface area (Å²) >= 11 is 1.27. The van der Waals surface area contributed by atoms with Crippen molar-refractivity contribution in [1.29, 1.82) is 0 Å². The summed E-state index contributed by atoms with van der Waals surface area (Å²) in [6.45, 7) is 1.88. The van der Waals surface area contributed by atoms with E-state index in [0.717, 1.165) is 29.7 Å². The first-order valence-electron chi connectivity index (χ1n) is 11.2. The number of aromatic nitrogens is 2. The number of aryl methyl sites for hydroxylation is 1. The summed E-state index contributed by atoms with van der Waals surface area (Å²) in [7, 11) is -1.43. The second-order valence-electron chi connectivity index (χ2n) is 7.85. The Labute approximate surface area is 211 Å². The smallest absolute Gasteiger partial charge is 0.341 e. The van der Waals surface area contributed by atoms with Crippen molar-refractivity contribution < 1.29 is 36.6 Å². The number of esters is 1. The van der Waals surface area contributed by atoms with Crippen LogP contribution < -0.4 is 14.8 Å². The van der Waals surface area contributed by atoms with Crippen LogP contribution in [0.4, 0.5) is 5.00 Å². The molecule has 0 saturated carbocycles. The molecular weight excluding hydrogens is 510 g/mol. The standard InChI is InChI=1S/C23H25N3O8S2/c1-4-33-22(28)18-13-8-5-6-11-16(13)35-21(18)24-17(27)12-36(29,30)23-26-25-20(34-23)19-14(31-2)9-7-10-15(19)32-3/h7,9-10H,4-6,8,11-12H2,1-3H3,(H,24,27). The van der Waals surface area contributed by atoms with Gasteiger partial charge in [-0.1, -0.05) is 11.2 Å². The second-order valence-corrected chi connectivity index (χ2v) is 10.8. The van der Waals surface area contributed by atoms with Crippen LogP contribution in [0.5, 0.6) is 11.5 Å². The van der Waals surface area contributed by atoms with Crippen molar-refractivity contribution in [2.75, 3.05) is 31.9 Å². The lowest BCUT2D eigenvalue weighted by Gasteiger charge is -2.12. The number of carbonyl (C=O) groups is 2. The van der Waals surface area contributed by atoms with Crippen LogP contribution in [0.25, 0.3) is 11.5 Å². The zero-order valence-corrected chi connectivity index (χ0v) is 21.6. The van der Waals surface area contributed by atoms with Crippen molar-refractivity contribution in [3.63, 3.8) is 0 Å². The van der Waals surface area contributed by atoms with Crippen LogP contribution in [-0.4, -0.2) is 57.1 Å². The average Bonchev–Trinajstić information content (AvgIpc) is 3.48. The van der Waals surface area contributed by atoms with Crippen LogP contribution in [0, 0.1) is 0 Å². The summed E-state index contributed by atoms with van der Waals surface area (Å²) in [5, 5.41) is 9.58. The topological polar surface area (TPSA) is 147 Å². The molecule has 11 nitrogen and oxygen atoms in total. The van der Waals surface area contributed by atoms with Crippen molar-refractivity contribution in [2.45, 2.75) is 37.8 Å². The minimum Gasteiger partial charge on any atom is -0.496 e. The van der Waals surface area contributed by atoms with E-state index in [4.69, 9.17) is 18.6 Å². The van der Waals surface area contributed by atoms with E-state index in [9.17, 15) is 18.0 Å². The predicted molar refractivity (Wildman–Crippen MR) is 130 cm³/mol. The summed E-state index contributed by atoms with van der Waals surface area (Å²) in [5.74, 6) is -1.79. The van der Waals surface area contributed by atoms with Gasteiger partial charge in [-0.15, -0.1) is 16.4 Å². The highest BCUT2D eigenvalue weighted by Crippen LogP contribution is 2.39. The van der Waals surface area contributed by atoms with E-state index < -0.39 is 32.7 Å². The third kappa shape index (κ3) is 5.07. The molecule has 4 rings (SSSR count). The maximum Gasteiger partial charge on any atom is 0.341 e. The Morgan fingerprint density at radius 1 is 1.11 bits per heavy atom. The van der Waals surface area contributed by atoms with Gasteiger partial charge in [-0.05, 0) is 50.3 Å². The number of fused-ring (bicyclic) bond motifs is 1. The highest BCUT2D eigenvalue weighted by Gasteiger charge is 2.31. The number of rotatable bonds is 9. The van der Waals surface area contributed by atoms with Gasteiger partial charge in [-0.2, -0.15) is 0 Å². The molecule has 192 valence electrons. The predicted octanol–water partition coefficient (Wildman–Crippen LogP) is 3.28. The Balaban J connectivity index is 1.57. The van der Waals surface area contributed by atoms with Gasteiger partial charge >= 0.3 is 11.2 Å². The molecule has 1 aliphatic carbocycles. The average molecular weight is 536 g/mol. The molecule has 0 atom stereocenters. The van der Waals surface area contributed by atoms with E-state index in [1.54, 1.807) is 25.1 Å². The number of anilines is 1. The lowest BCUT2D eigenvalue weighted by Crippen LogP contribution is -2.24. The lowest BCUT2D eigenvalue weighted by molar-refractivity contribution is -0.113. The van der Waals surface area contributed by atoms with E-state index in [1.165, 1.54) is 25.6 Å². The number of nitrogens with one attached hydrogen (secondary N) is 1. The number of nitrogens with zero attached hydrogens (tertiary/aromatic N) is 2. The third-order valence-electron chi connectivity index (χ3n) is 5.54. The van der Waals surface area contributed by atoms with E-state index in [1.807, 2.05) is 0 Å². The maximum absolute atomic E-state index is 12.9. The first-order chi connectivity index (χ1) is 17.3. The molecule has 0 radical (unpaired) electrons. The molecule has 0 aliphatic heterocycles. The number of carbonyl (C=O) groups excluding carboxylic acids is 2. The Morgan fingerprint density at radius 2 is 1.81 bits per heavy atom. The summed E-state index contributed by atoms with van der Waals surface area (Å²) in [6.07, 6.45) is 3.39. The molecule has 0 saturated heterocycles. The molecule has 2 heterocycles. The van der Waals surface area contributed by atoms with Crippen LogP contribution in [0.15, 0.2) is 27.8 Å². The number of sulfone groups is 1. The number of ether oxygens (including phenoxy) is 3. The van der Waals surface area contributed by atoms with Crippen molar-refractivity contribution in [3.8, 4) is 23.0 Å². The second kappa shape index (κ2) is 10.7. The highest BCUT2D eigenvalue weighted by molar-refractivity contribution is 7.91. The van der Waals surface area contributed by atoms with Crippen molar-refractivity contribution in [2.24, 2.45) is 0 Å². The molecule has 1 aliphatic rings. The molecule has 0 spiro atoms. The van der Waals surface area contributed by atoms with E-state index in [-0.39, 0.29) is 23.1 Å². The number of methoxy groups -OCH3 is 2. The Hall–Kier alpha value is -3.45. The highest BCUT2D eigenvalue weighted by atomic mass is 32.2. The van der Waals surface area contributed by atoms with Gasteiger partial charge in [0.25, 0.3) is 5.89 Å². The van der Waals surface area contributed by atoms with Crippen LogP contribution in [0.1, 0.15) is 40.6 Å². The molecule has 13 heteroatoms. The van der Waals surface area contributed by atoms with Gasteiger partial charge in [0.2, 0.25) is 15.7 Å². The van der Waals surface area contributed by atoms with Crippen molar-refractivity contribution in [3.05, 3.63) is 34.2 Å². The first-order valence-corrected chi connectivity index (χ1v) is 13.6. The zero-order valence-electron chi connectivity index (χ0n) is 20.0. The summed E-state index contributed by atoms with van der Waals surface area (Å²) in [5.41, 5.74) is 1.44. The largest absolute Gasteiger partial charge is 0.496 e. The fraction of sp³-hybridized carbons (Fsp3) is 0.391. The van der Waals surface area contributed by atoms with Crippen LogP contribution >= 0.6 is 11.3 Å². The molecule has 0 unspecified atom stereocenters. The number of hydrogen-bond acceptors (Lipinski definition) is 11. The fourth-order valence-corrected chi connectivity index (χ4v) is 6.17. The Kier molecular flexibility index (Phi) is 7.59. The molecule has 36 heavy (non-hydrogen) atoms. The van der Waals surface area contributed by atoms with Crippen LogP contribution in [-0.2, 0) is 32.2 Å². The molecule has 2 aromatic heterocycles. The van der Waals surface area contributed by atoms with Gasteiger partial charge in [-0.3, -0.25) is 4.79 Å². The SMILES string of the molecule is CCOC(=O)c1c(NC(=O)CS(=O)(=O)c2nnc(-c3c(OC)cccc3OC)o2)sc2c1CCCC2. The number of hydrogen-bond donors (Lipinski definition) is 1. The van der Waals surface area contributed by atoms with Gasteiger partial charge in [0.1, 0.15) is 27.8 Å². The van der Waals surface area contributed by atoms with E-state index in [0.29, 0.717) is 23.5 Å². The molecule has 1 amide bonds. The van der Waals surface area contributed by atoms with E-state index >= 15 is 0 Å². The zero-order chi connectivity index (χ0) is 25.9. The first kappa shape index (κ1) is 25.6. The van der Waals surface area contributed by atoms with E-state index in [2.05, 4.69) is 15.5 Å². The molecule has 1 N–H and O–H groups in total. The number of thiophene rings is 1. The molecular formula is C23H25N3O8S2. The quantitative estimate of drug-likeness (QED) is 0.405. The minimum atomic E-state index is -4.30. The van der Waals surface area contributed by atoms with Gasteiger partial charge in [0.05, 0.1) is 26.4 Å². The fourth-order valence-electron chi connectivity index (χ4n) is 3.97. The molecule has 0 fully saturated rings. The van der Waals surface area contributed by atoms with Crippen molar-refractivity contribution in [1.82, 2.24) is 10.2 Å². The normalized spacial score (nSPS) is 13.1.